The quantitative estimate of drug-likeness (QED) is 0.385. The predicted octanol–water partition coefficient (Wildman–Crippen LogP) is 3.97. The largest absolute Gasteiger partial charge is 0.369 e. The Morgan fingerprint density at radius 2 is 2.04 bits per heavy atom. The minimum atomic E-state index is -0.698. The molecule has 2 bridgehead atoms. The van der Waals surface area contributed by atoms with Gasteiger partial charge in [0.1, 0.15) is 12.0 Å². The molecule has 0 radical (unpaired) electrons. The Morgan fingerprint density at radius 1 is 1.19 bits per heavy atom. The highest BCUT2D eigenvalue weighted by Crippen LogP contribution is 2.61. The molecule has 5 aliphatic rings. The molecule has 1 aliphatic carbocycles. The van der Waals surface area contributed by atoms with Crippen LogP contribution in [0.3, 0.4) is 0 Å². The third-order valence-electron chi connectivity index (χ3n) is 7.00. The number of hydrogen-bond donors (Lipinski definition) is 0. The van der Waals surface area contributed by atoms with Crippen LogP contribution in [0, 0.1) is 36.0 Å². The third kappa shape index (κ3) is 3.45. The van der Waals surface area contributed by atoms with Gasteiger partial charge in [-0.3, -0.25) is 0 Å². The molecule has 0 amide bonds. The standard InChI is InChI=1S/C21H32O5S/c1-5-11-22-12-6-13-27-18-15(3)17-8-7-14(2)16-9-10-20(4)24-19(23-18)21(16,17)26-25-20/h1,14-19H,6-13H2,2-4H3/t14-,15-,16+,17+,18+,19-,20?,21-/m1/s1. The van der Waals surface area contributed by atoms with Crippen LogP contribution < -0.4 is 0 Å². The van der Waals surface area contributed by atoms with Crippen molar-refractivity contribution in [1.29, 1.82) is 0 Å². The van der Waals surface area contributed by atoms with Crippen LogP contribution in [-0.4, -0.2) is 42.1 Å². The monoisotopic (exact) mass is 396 g/mol. The molecule has 152 valence electrons. The molecule has 0 aromatic rings. The summed E-state index contributed by atoms with van der Waals surface area (Å²) in [5, 5.41) is 0. The Labute approximate surface area is 167 Å². The van der Waals surface area contributed by atoms with E-state index in [-0.39, 0.29) is 11.7 Å². The van der Waals surface area contributed by atoms with E-state index in [2.05, 4.69) is 19.8 Å². The predicted molar refractivity (Wildman–Crippen MR) is 104 cm³/mol. The lowest BCUT2D eigenvalue weighted by Gasteiger charge is -2.60. The van der Waals surface area contributed by atoms with E-state index in [1.54, 1.807) is 0 Å². The lowest BCUT2D eigenvalue weighted by molar-refractivity contribution is -0.568. The number of rotatable bonds is 6. The van der Waals surface area contributed by atoms with E-state index < -0.39 is 11.4 Å². The molecular weight excluding hydrogens is 364 g/mol. The normalized spacial score (nSPS) is 48.5. The topological polar surface area (TPSA) is 46.2 Å². The van der Waals surface area contributed by atoms with Crippen molar-refractivity contribution in [2.45, 2.75) is 76.0 Å². The Balaban J connectivity index is 1.48. The van der Waals surface area contributed by atoms with Crippen LogP contribution in [0.15, 0.2) is 0 Å². The molecule has 27 heavy (non-hydrogen) atoms. The van der Waals surface area contributed by atoms with Gasteiger partial charge >= 0.3 is 0 Å². The molecule has 4 saturated heterocycles. The molecule has 0 aromatic carbocycles. The lowest BCUT2D eigenvalue weighted by Crippen LogP contribution is -2.70. The maximum absolute atomic E-state index is 6.55. The SMILES string of the molecule is C#CCOCCCS[C@@H]1O[C@@H]2OC3(C)CC[C@H]4[C@H](C)CC[C@@H]([C@H]1C)[C@@]24OO3. The Bertz CT molecular complexity index is 579. The lowest BCUT2D eigenvalue weighted by atomic mass is 9.58. The van der Waals surface area contributed by atoms with Gasteiger partial charge < -0.3 is 14.2 Å². The van der Waals surface area contributed by atoms with E-state index in [9.17, 15) is 0 Å². The zero-order valence-electron chi connectivity index (χ0n) is 16.6. The highest BCUT2D eigenvalue weighted by atomic mass is 32.2. The first kappa shape index (κ1) is 20.0. The Kier molecular flexibility index (Phi) is 5.82. The van der Waals surface area contributed by atoms with Crippen molar-refractivity contribution >= 4 is 11.8 Å². The molecule has 4 aliphatic heterocycles. The Hall–Kier alpha value is -0.290. The van der Waals surface area contributed by atoms with Crippen LogP contribution in [0.25, 0.3) is 0 Å². The molecule has 5 fully saturated rings. The summed E-state index contributed by atoms with van der Waals surface area (Å²) in [6, 6.07) is 0. The summed E-state index contributed by atoms with van der Waals surface area (Å²) in [6.45, 7) is 7.70. The average molecular weight is 397 g/mol. The summed E-state index contributed by atoms with van der Waals surface area (Å²) >= 11 is 1.86. The van der Waals surface area contributed by atoms with Gasteiger partial charge in [-0.05, 0) is 56.1 Å². The van der Waals surface area contributed by atoms with Crippen molar-refractivity contribution in [2.24, 2.45) is 23.7 Å². The minimum Gasteiger partial charge on any atom is -0.369 e. The summed E-state index contributed by atoms with van der Waals surface area (Å²) in [5.41, 5.74) is -0.348. The highest BCUT2D eigenvalue weighted by Gasteiger charge is 2.69. The van der Waals surface area contributed by atoms with Crippen LogP contribution >= 0.6 is 11.8 Å². The van der Waals surface area contributed by atoms with Gasteiger partial charge in [-0.2, -0.15) is 0 Å². The van der Waals surface area contributed by atoms with E-state index in [4.69, 9.17) is 30.4 Å². The fraction of sp³-hybridized carbons (Fsp3) is 0.905. The van der Waals surface area contributed by atoms with Crippen molar-refractivity contribution in [1.82, 2.24) is 0 Å². The first-order valence-corrected chi connectivity index (χ1v) is 11.4. The smallest absolute Gasteiger partial charge is 0.201 e. The van der Waals surface area contributed by atoms with Crippen molar-refractivity contribution < 1.29 is 24.0 Å². The van der Waals surface area contributed by atoms with Gasteiger partial charge in [-0.25, -0.2) is 9.78 Å². The summed E-state index contributed by atoms with van der Waals surface area (Å²) in [5.74, 6) is 4.61. The second-order valence-electron chi connectivity index (χ2n) is 8.75. The number of fused-ring (bicyclic) bond motifs is 2. The van der Waals surface area contributed by atoms with Gasteiger partial charge in [0.2, 0.25) is 5.79 Å². The molecule has 1 unspecified atom stereocenters. The summed E-state index contributed by atoms with van der Waals surface area (Å²) < 4.78 is 18.3. The fourth-order valence-electron chi connectivity index (χ4n) is 5.55. The molecule has 6 heteroatoms. The van der Waals surface area contributed by atoms with Gasteiger partial charge in [0.25, 0.3) is 0 Å². The maximum atomic E-state index is 6.55. The molecule has 1 saturated carbocycles. The molecule has 0 N–H and O–H groups in total. The van der Waals surface area contributed by atoms with Crippen LogP contribution in [0.1, 0.15) is 52.9 Å². The minimum absolute atomic E-state index is 0.110. The first-order chi connectivity index (χ1) is 13.0. The maximum Gasteiger partial charge on any atom is 0.201 e. The Morgan fingerprint density at radius 3 is 2.85 bits per heavy atom. The van der Waals surface area contributed by atoms with Crippen molar-refractivity contribution in [2.75, 3.05) is 19.0 Å². The fourth-order valence-corrected chi connectivity index (χ4v) is 6.74. The molecule has 1 spiro atoms. The summed E-state index contributed by atoms with van der Waals surface area (Å²) in [6.07, 6.45) is 10.2. The van der Waals surface area contributed by atoms with Crippen LogP contribution in [0.5, 0.6) is 0 Å². The average Bonchev–Trinajstić information content (AvgIpc) is 2.88. The van der Waals surface area contributed by atoms with E-state index in [0.717, 1.165) is 31.4 Å². The summed E-state index contributed by atoms with van der Waals surface area (Å²) in [4.78, 5) is 12.0. The van der Waals surface area contributed by atoms with E-state index in [1.807, 2.05) is 18.7 Å². The van der Waals surface area contributed by atoms with Gasteiger partial charge in [-0.15, -0.1) is 18.2 Å². The number of hydrogen-bond acceptors (Lipinski definition) is 6. The molecule has 5 rings (SSSR count). The van der Waals surface area contributed by atoms with Crippen molar-refractivity contribution in [3.8, 4) is 12.3 Å². The van der Waals surface area contributed by atoms with Gasteiger partial charge in [0.15, 0.2) is 11.9 Å². The third-order valence-corrected chi connectivity index (χ3v) is 8.39. The summed E-state index contributed by atoms with van der Waals surface area (Å²) in [7, 11) is 0. The van der Waals surface area contributed by atoms with Crippen molar-refractivity contribution in [3.05, 3.63) is 0 Å². The van der Waals surface area contributed by atoms with Gasteiger partial charge in [-0.1, -0.05) is 19.8 Å². The molecular formula is C21H32O5S. The molecule has 8 atom stereocenters. The van der Waals surface area contributed by atoms with E-state index in [0.29, 0.717) is 36.9 Å². The van der Waals surface area contributed by atoms with Crippen LogP contribution in [0.4, 0.5) is 0 Å². The number of ether oxygens (including phenoxy) is 3. The number of terminal acetylenes is 1. The molecule has 4 heterocycles. The van der Waals surface area contributed by atoms with E-state index in [1.165, 1.54) is 6.42 Å². The first-order valence-electron chi connectivity index (χ1n) is 10.3. The highest BCUT2D eigenvalue weighted by molar-refractivity contribution is 7.99. The van der Waals surface area contributed by atoms with E-state index >= 15 is 0 Å². The second kappa shape index (κ2) is 7.85. The number of thioether (sulfide) groups is 1. The van der Waals surface area contributed by atoms with Gasteiger partial charge in [0.05, 0.1) is 0 Å². The van der Waals surface area contributed by atoms with Gasteiger partial charge in [0, 0.05) is 18.9 Å². The second-order valence-corrected chi connectivity index (χ2v) is 9.96. The zero-order chi connectivity index (χ0) is 19.1. The molecule has 5 nitrogen and oxygen atoms in total. The molecule has 0 aromatic heterocycles. The van der Waals surface area contributed by atoms with Crippen LogP contribution in [0.2, 0.25) is 0 Å². The van der Waals surface area contributed by atoms with Crippen LogP contribution in [-0.2, 0) is 24.0 Å². The van der Waals surface area contributed by atoms with Crippen molar-refractivity contribution in [3.63, 3.8) is 0 Å². The zero-order valence-corrected chi connectivity index (χ0v) is 17.5.